The van der Waals surface area contributed by atoms with Crippen molar-refractivity contribution in [1.29, 1.82) is 0 Å². The predicted octanol–water partition coefficient (Wildman–Crippen LogP) is 4.58. The molecule has 0 fully saturated rings. The van der Waals surface area contributed by atoms with E-state index in [2.05, 4.69) is 15.6 Å². The number of aliphatic imine (C=N–C) groups is 2. The van der Waals surface area contributed by atoms with Gasteiger partial charge in [0, 0.05) is 17.3 Å². The highest BCUT2D eigenvalue weighted by Gasteiger charge is 2.26. The largest absolute Gasteiger partial charge is 0.338 e. The van der Waals surface area contributed by atoms with E-state index in [1.165, 1.54) is 0 Å². The summed E-state index contributed by atoms with van der Waals surface area (Å²) in [6.45, 7) is 4.35. The maximum absolute atomic E-state index is 12.1. The van der Waals surface area contributed by atoms with Crippen LogP contribution in [0.1, 0.15) is 25.3 Å². The quantitative estimate of drug-likeness (QED) is 0.814. The van der Waals surface area contributed by atoms with Gasteiger partial charge in [0.05, 0.1) is 17.3 Å². The Morgan fingerprint density at radius 1 is 1.08 bits per heavy atom. The van der Waals surface area contributed by atoms with Crippen molar-refractivity contribution >= 4 is 40.6 Å². The summed E-state index contributed by atoms with van der Waals surface area (Å²) < 4.78 is 0. The van der Waals surface area contributed by atoms with Crippen LogP contribution in [0.3, 0.4) is 0 Å². The Kier molecular flexibility index (Phi) is 5.14. The fraction of sp³-hybridized carbons (Fsp3) is 0.211. The third-order valence-electron chi connectivity index (χ3n) is 3.89. The van der Waals surface area contributed by atoms with Crippen molar-refractivity contribution in [1.82, 2.24) is 10.6 Å². The average molecular weight is 355 g/mol. The summed E-state index contributed by atoms with van der Waals surface area (Å²) in [7, 11) is 0. The minimum absolute atomic E-state index is 0.257. The standard InChI is InChI=1S/C19H19ClN4O/c1-3-21-19(25)24-18-17(13-8-10-14(20)11-9-13)12(2)22-15-6-4-5-7-16(15)23-18/h4-11,17H,3H2,1-2H3,(H2,21,23,24,25)/t17-/m1/s1. The SMILES string of the molecule is CCNC(=O)NC1=Nc2ccccc2N=C(C)[C@@H]1c1ccc(Cl)cc1. The van der Waals surface area contributed by atoms with Crippen molar-refractivity contribution in [2.75, 3.05) is 6.54 Å². The fourth-order valence-corrected chi connectivity index (χ4v) is 2.90. The molecular weight excluding hydrogens is 336 g/mol. The Hall–Kier alpha value is -2.66. The number of nitrogens with one attached hydrogen (secondary N) is 2. The van der Waals surface area contributed by atoms with Crippen LogP contribution < -0.4 is 10.6 Å². The highest BCUT2D eigenvalue weighted by atomic mass is 35.5. The number of nitrogens with zero attached hydrogens (tertiary/aromatic N) is 2. The Balaban J connectivity index is 2.09. The van der Waals surface area contributed by atoms with Gasteiger partial charge in [0.25, 0.3) is 0 Å². The zero-order valence-corrected chi connectivity index (χ0v) is 14.8. The topological polar surface area (TPSA) is 65.8 Å². The summed E-state index contributed by atoms with van der Waals surface area (Å²) in [4.78, 5) is 21.5. The van der Waals surface area contributed by atoms with Crippen molar-refractivity contribution in [3.8, 4) is 0 Å². The van der Waals surface area contributed by atoms with Crippen LogP contribution in [-0.2, 0) is 0 Å². The minimum Gasteiger partial charge on any atom is -0.338 e. The van der Waals surface area contributed by atoms with Gasteiger partial charge >= 0.3 is 6.03 Å². The Morgan fingerprint density at radius 2 is 1.72 bits per heavy atom. The number of halogens is 1. The molecule has 2 aromatic carbocycles. The summed E-state index contributed by atoms with van der Waals surface area (Å²) in [6.07, 6.45) is 0. The summed E-state index contributed by atoms with van der Waals surface area (Å²) in [6, 6.07) is 14.8. The molecule has 2 amide bonds. The normalized spacial score (nSPS) is 16.2. The molecule has 5 nitrogen and oxygen atoms in total. The van der Waals surface area contributed by atoms with E-state index in [-0.39, 0.29) is 11.9 Å². The van der Waals surface area contributed by atoms with E-state index in [4.69, 9.17) is 16.6 Å². The second-order valence-electron chi connectivity index (χ2n) is 5.71. The summed E-state index contributed by atoms with van der Waals surface area (Å²) in [5.41, 5.74) is 3.33. The first-order valence-electron chi connectivity index (χ1n) is 8.11. The van der Waals surface area contributed by atoms with Gasteiger partial charge in [0.1, 0.15) is 5.84 Å². The lowest BCUT2D eigenvalue weighted by Crippen LogP contribution is -2.43. The van der Waals surface area contributed by atoms with Gasteiger partial charge in [-0.15, -0.1) is 0 Å². The van der Waals surface area contributed by atoms with Crippen molar-refractivity contribution in [2.24, 2.45) is 9.98 Å². The molecule has 1 heterocycles. The number of amidine groups is 1. The van der Waals surface area contributed by atoms with Crippen LogP contribution in [0.4, 0.5) is 16.2 Å². The maximum Gasteiger partial charge on any atom is 0.320 e. The van der Waals surface area contributed by atoms with Gasteiger partial charge in [-0.2, -0.15) is 0 Å². The summed E-state index contributed by atoms with van der Waals surface area (Å²) in [5.74, 6) is 0.284. The minimum atomic E-state index is -0.285. The highest BCUT2D eigenvalue weighted by Crippen LogP contribution is 2.34. The van der Waals surface area contributed by atoms with Gasteiger partial charge in [-0.25, -0.2) is 9.79 Å². The average Bonchev–Trinajstić information content (AvgIpc) is 2.71. The van der Waals surface area contributed by atoms with E-state index in [0.717, 1.165) is 22.6 Å². The van der Waals surface area contributed by atoms with E-state index < -0.39 is 0 Å². The lowest BCUT2D eigenvalue weighted by atomic mass is 9.93. The Morgan fingerprint density at radius 3 is 2.36 bits per heavy atom. The lowest BCUT2D eigenvalue weighted by Gasteiger charge is -2.19. The predicted molar refractivity (Wildman–Crippen MR) is 103 cm³/mol. The van der Waals surface area contributed by atoms with E-state index in [0.29, 0.717) is 17.4 Å². The number of carbonyl (C=O) groups excluding carboxylic acids is 1. The zero-order valence-electron chi connectivity index (χ0n) is 14.1. The summed E-state index contributed by atoms with van der Waals surface area (Å²) >= 11 is 6.01. The molecule has 25 heavy (non-hydrogen) atoms. The molecule has 0 aliphatic carbocycles. The number of para-hydroxylation sites is 2. The third kappa shape index (κ3) is 3.88. The second kappa shape index (κ2) is 7.49. The van der Waals surface area contributed by atoms with Crippen LogP contribution in [0, 0.1) is 0 Å². The van der Waals surface area contributed by atoms with Crippen LogP contribution in [0.5, 0.6) is 0 Å². The Labute approximate surface area is 151 Å². The molecule has 3 rings (SSSR count). The summed E-state index contributed by atoms with van der Waals surface area (Å²) in [5, 5.41) is 6.28. The molecule has 0 radical (unpaired) electrons. The molecule has 0 unspecified atom stereocenters. The van der Waals surface area contributed by atoms with Crippen LogP contribution in [-0.4, -0.2) is 24.1 Å². The van der Waals surface area contributed by atoms with Gasteiger partial charge in [-0.1, -0.05) is 35.9 Å². The Bertz CT molecular complexity index is 843. The van der Waals surface area contributed by atoms with Crippen molar-refractivity contribution in [3.05, 3.63) is 59.1 Å². The number of fused-ring (bicyclic) bond motifs is 1. The van der Waals surface area contributed by atoms with Crippen molar-refractivity contribution in [3.63, 3.8) is 0 Å². The number of carbonyl (C=O) groups is 1. The highest BCUT2D eigenvalue weighted by molar-refractivity contribution is 6.30. The monoisotopic (exact) mass is 354 g/mol. The molecule has 1 aliphatic rings. The number of rotatable bonds is 2. The van der Waals surface area contributed by atoms with Crippen LogP contribution in [0.25, 0.3) is 0 Å². The van der Waals surface area contributed by atoms with E-state index >= 15 is 0 Å². The van der Waals surface area contributed by atoms with Crippen molar-refractivity contribution in [2.45, 2.75) is 19.8 Å². The third-order valence-corrected chi connectivity index (χ3v) is 4.14. The van der Waals surface area contributed by atoms with Gasteiger partial charge in [-0.05, 0) is 43.7 Å². The first-order chi connectivity index (χ1) is 12.1. The number of urea groups is 1. The van der Waals surface area contributed by atoms with Crippen LogP contribution in [0.15, 0.2) is 58.5 Å². The van der Waals surface area contributed by atoms with Gasteiger partial charge in [-0.3, -0.25) is 10.3 Å². The molecule has 2 aromatic rings. The molecule has 2 N–H and O–H groups in total. The van der Waals surface area contributed by atoms with Crippen molar-refractivity contribution < 1.29 is 4.79 Å². The first kappa shape index (κ1) is 17.2. The molecule has 0 spiro atoms. The van der Waals surface area contributed by atoms with Gasteiger partial charge in [0.15, 0.2) is 0 Å². The lowest BCUT2D eigenvalue weighted by molar-refractivity contribution is 0.245. The molecule has 6 heteroatoms. The molecule has 0 aromatic heterocycles. The van der Waals surface area contributed by atoms with Crippen LogP contribution >= 0.6 is 11.6 Å². The van der Waals surface area contributed by atoms with Gasteiger partial charge < -0.3 is 5.32 Å². The fourth-order valence-electron chi connectivity index (χ4n) is 2.78. The molecule has 128 valence electrons. The van der Waals surface area contributed by atoms with Gasteiger partial charge in [0.2, 0.25) is 0 Å². The molecule has 0 saturated heterocycles. The van der Waals surface area contributed by atoms with Crippen LogP contribution in [0.2, 0.25) is 5.02 Å². The number of hydrogen-bond donors (Lipinski definition) is 2. The molecular formula is C19H19ClN4O. The number of amides is 2. The molecule has 1 atom stereocenters. The number of benzene rings is 2. The molecule has 0 saturated carbocycles. The zero-order chi connectivity index (χ0) is 17.8. The number of hydrogen-bond acceptors (Lipinski definition) is 3. The first-order valence-corrected chi connectivity index (χ1v) is 8.49. The van der Waals surface area contributed by atoms with E-state index in [1.807, 2.05) is 62.4 Å². The molecule has 0 bridgehead atoms. The smallest absolute Gasteiger partial charge is 0.320 e. The van der Waals surface area contributed by atoms with E-state index in [9.17, 15) is 4.79 Å². The maximum atomic E-state index is 12.1. The molecule has 1 aliphatic heterocycles. The second-order valence-corrected chi connectivity index (χ2v) is 6.14. The van der Waals surface area contributed by atoms with E-state index in [1.54, 1.807) is 0 Å².